The number of aliphatic hydroxyl groups is 1. The van der Waals surface area contributed by atoms with E-state index < -0.39 is 20.0 Å². The highest BCUT2D eigenvalue weighted by molar-refractivity contribution is 7.45. The van der Waals surface area contributed by atoms with Gasteiger partial charge in [-0.05, 0) is 12.8 Å². The Morgan fingerprint density at radius 3 is 1.31 bits per heavy atom. The van der Waals surface area contributed by atoms with E-state index in [1.165, 1.54) is 154 Å². The fraction of sp³-hybridized carbons (Fsp3) is 0.977. The van der Waals surface area contributed by atoms with Crippen molar-refractivity contribution >= 4 is 13.7 Å². The summed E-state index contributed by atoms with van der Waals surface area (Å²) in [5.74, 6) is -0.161. The fourth-order valence-corrected chi connectivity index (χ4v) is 7.47. The Labute approximate surface area is 323 Å². The minimum atomic E-state index is -4.55. The van der Waals surface area contributed by atoms with Gasteiger partial charge >= 0.3 is 0 Å². The van der Waals surface area contributed by atoms with Gasteiger partial charge in [0.05, 0.1) is 39.9 Å². The molecule has 0 aromatic heterocycles. The van der Waals surface area contributed by atoms with E-state index in [4.69, 9.17) is 9.05 Å². The fourth-order valence-electron chi connectivity index (χ4n) is 6.75. The zero-order valence-corrected chi connectivity index (χ0v) is 36.2. The van der Waals surface area contributed by atoms with Gasteiger partial charge in [0, 0.05) is 6.42 Å². The first-order valence-electron chi connectivity index (χ1n) is 22.4. The second-order valence-corrected chi connectivity index (χ2v) is 18.2. The van der Waals surface area contributed by atoms with Crippen molar-refractivity contribution in [3.63, 3.8) is 0 Å². The van der Waals surface area contributed by atoms with Crippen molar-refractivity contribution < 1.29 is 32.9 Å². The Kier molecular flexibility index (Phi) is 35.8. The molecule has 312 valence electrons. The molecule has 0 saturated carbocycles. The monoisotopic (exact) mass is 761 g/mol. The molecule has 0 spiro atoms. The standard InChI is InChI=1S/C43H89N2O6P/c1-6-8-10-12-14-16-18-20-22-23-25-27-29-31-33-35-37-43(47)44-41(40-51-52(48,49)50-39-38-45(3,4)5)42(46)36-34-32-30-28-26-24-21-19-17-15-13-11-9-7-2/h41-42,46H,6-40H2,1-5H3,(H-,44,47,48,49). The largest absolute Gasteiger partial charge is 0.756 e. The van der Waals surface area contributed by atoms with Crippen molar-refractivity contribution in [1.29, 1.82) is 0 Å². The molecule has 8 nitrogen and oxygen atoms in total. The zero-order chi connectivity index (χ0) is 38.6. The first-order chi connectivity index (χ1) is 25.0. The van der Waals surface area contributed by atoms with E-state index in [9.17, 15) is 19.4 Å². The molecular weight excluding hydrogens is 671 g/mol. The molecular formula is C43H89N2O6P. The summed E-state index contributed by atoms with van der Waals surface area (Å²) in [6.07, 6.45) is 38.1. The summed E-state index contributed by atoms with van der Waals surface area (Å²) in [5, 5.41) is 13.9. The molecule has 0 fully saturated rings. The minimum absolute atomic E-state index is 0.0160. The van der Waals surface area contributed by atoms with Crippen LogP contribution in [0.25, 0.3) is 0 Å². The Morgan fingerprint density at radius 1 is 0.596 bits per heavy atom. The highest BCUT2D eigenvalue weighted by Crippen LogP contribution is 2.38. The van der Waals surface area contributed by atoms with Crippen molar-refractivity contribution in [2.24, 2.45) is 0 Å². The van der Waals surface area contributed by atoms with Crippen LogP contribution < -0.4 is 10.2 Å². The molecule has 0 aliphatic carbocycles. The second-order valence-electron chi connectivity index (χ2n) is 16.8. The van der Waals surface area contributed by atoms with E-state index in [1.54, 1.807) is 0 Å². The lowest BCUT2D eigenvalue weighted by molar-refractivity contribution is -0.870. The number of carbonyl (C=O) groups excluding carboxylic acids is 1. The number of carbonyl (C=O) groups is 1. The molecule has 0 radical (unpaired) electrons. The first-order valence-corrected chi connectivity index (χ1v) is 23.8. The lowest BCUT2D eigenvalue weighted by atomic mass is 10.0. The van der Waals surface area contributed by atoms with Crippen molar-refractivity contribution in [2.75, 3.05) is 40.9 Å². The van der Waals surface area contributed by atoms with Crippen LogP contribution in [0.4, 0.5) is 0 Å². The number of quaternary nitrogens is 1. The SMILES string of the molecule is CCCCCCCCCCCCCCCCCCC(=O)NC(COP(=O)([O-])OCC[N+](C)(C)C)C(O)CCCCCCCCCCCCCCCC. The van der Waals surface area contributed by atoms with Gasteiger partial charge in [0.25, 0.3) is 7.82 Å². The van der Waals surface area contributed by atoms with E-state index in [0.717, 1.165) is 38.5 Å². The summed E-state index contributed by atoms with van der Waals surface area (Å²) >= 11 is 0. The Hall–Kier alpha value is -0.500. The molecule has 3 atom stereocenters. The van der Waals surface area contributed by atoms with Gasteiger partial charge in [-0.3, -0.25) is 9.36 Å². The number of rotatable bonds is 41. The maximum Gasteiger partial charge on any atom is 0.268 e. The van der Waals surface area contributed by atoms with Crippen LogP contribution in [0, 0.1) is 0 Å². The molecule has 0 aromatic rings. The predicted molar refractivity (Wildman–Crippen MR) is 219 cm³/mol. The summed E-state index contributed by atoms with van der Waals surface area (Å²) in [7, 11) is 1.32. The summed E-state index contributed by atoms with van der Waals surface area (Å²) in [4.78, 5) is 25.3. The van der Waals surface area contributed by atoms with Gasteiger partial charge in [0.2, 0.25) is 5.91 Å². The van der Waals surface area contributed by atoms with E-state index in [2.05, 4.69) is 19.2 Å². The minimum Gasteiger partial charge on any atom is -0.756 e. The number of likely N-dealkylation sites (N-methyl/N-ethyl adjacent to an activating group) is 1. The van der Waals surface area contributed by atoms with Crippen LogP contribution in [-0.4, -0.2) is 68.5 Å². The Morgan fingerprint density at radius 2 is 0.942 bits per heavy atom. The van der Waals surface area contributed by atoms with E-state index in [0.29, 0.717) is 23.9 Å². The smallest absolute Gasteiger partial charge is 0.268 e. The molecule has 3 unspecified atom stereocenters. The normalized spacial score (nSPS) is 14.4. The number of unbranched alkanes of at least 4 members (excludes halogenated alkanes) is 28. The van der Waals surface area contributed by atoms with Gasteiger partial charge in [-0.2, -0.15) is 0 Å². The average Bonchev–Trinajstić information content (AvgIpc) is 3.09. The molecule has 2 N–H and O–H groups in total. The number of nitrogens with zero attached hydrogens (tertiary/aromatic N) is 1. The molecule has 0 aromatic carbocycles. The number of nitrogens with one attached hydrogen (secondary N) is 1. The molecule has 0 rings (SSSR count). The molecule has 0 saturated heterocycles. The number of aliphatic hydroxyl groups excluding tert-OH is 1. The van der Waals surface area contributed by atoms with Crippen LogP contribution in [0.15, 0.2) is 0 Å². The number of hydrogen-bond acceptors (Lipinski definition) is 6. The van der Waals surface area contributed by atoms with Crippen molar-refractivity contribution in [2.45, 2.75) is 231 Å². The van der Waals surface area contributed by atoms with Crippen molar-refractivity contribution in [3.8, 4) is 0 Å². The molecule has 0 bridgehead atoms. The lowest BCUT2D eigenvalue weighted by Crippen LogP contribution is -2.46. The van der Waals surface area contributed by atoms with Crippen molar-refractivity contribution in [3.05, 3.63) is 0 Å². The van der Waals surface area contributed by atoms with Crippen LogP contribution in [0.2, 0.25) is 0 Å². The molecule has 0 heterocycles. The highest BCUT2D eigenvalue weighted by atomic mass is 31.2. The molecule has 0 aliphatic rings. The topological polar surface area (TPSA) is 108 Å². The maximum absolute atomic E-state index is 12.9. The number of amides is 1. The molecule has 9 heteroatoms. The predicted octanol–water partition coefficient (Wildman–Crippen LogP) is 11.6. The van der Waals surface area contributed by atoms with Crippen LogP contribution in [-0.2, 0) is 18.4 Å². The average molecular weight is 761 g/mol. The second kappa shape index (κ2) is 36.2. The van der Waals surface area contributed by atoms with Crippen molar-refractivity contribution in [1.82, 2.24) is 5.32 Å². The Bertz CT molecular complexity index is 824. The Balaban J connectivity index is 4.33. The van der Waals surface area contributed by atoms with Gasteiger partial charge in [-0.1, -0.05) is 200 Å². The highest BCUT2D eigenvalue weighted by Gasteiger charge is 2.24. The summed E-state index contributed by atoms with van der Waals surface area (Å²) in [6.45, 7) is 4.74. The van der Waals surface area contributed by atoms with Gasteiger partial charge in [-0.15, -0.1) is 0 Å². The first kappa shape index (κ1) is 51.5. The summed E-state index contributed by atoms with van der Waals surface area (Å²) < 4.78 is 23.3. The number of phosphoric acid groups is 1. The molecule has 0 aliphatic heterocycles. The van der Waals surface area contributed by atoms with Gasteiger partial charge < -0.3 is 28.8 Å². The third kappa shape index (κ3) is 37.8. The van der Waals surface area contributed by atoms with E-state index in [-0.39, 0.29) is 19.1 Å². The maximum atomic E-state index is 12.9. The van der Waals surface area contributed by atoms with Crippen LogP contribution >= 0.6 is 7.82 Å². The number of phosphoric ester groups is 1. The lowest BCUT2D eigenvalue weighted by Gasteiger charge is -2.30. The van der Waals surface area contributed by atoms with Crippen LogP contribution in [0.5, 0.6) is 0 Å². The number of hydrogen-bond donors (Lipinski definition) is 2. The molecule has 52 heavy (non-hydrogen) atoms. The quantitative estimate of drug-likeness (QED) is 0.0365. The summed E-state index contributed by atoms with van der Waals surface area (Å²) in [5.41, 5.74) is 0. The van der Waals surface area contributed by atoms with Gasteiger partial charge in [-0.25, -0.2) is 0 Å². The van der Waals surface area contributed by atoms with Gasteiger partial charge in [0.15, 0.2) is 0 Å². The zero-order valence-electron chi connectivity index (χ0n) is 35.3. The summed E-state index contributed by atoms with van der Waals surface area (Å²) in [6, 6.07) is -0.792. The van der Waals surface area contributed by atoms with E-state index >= 15 is 0 Å². The third-order valence-corrected chi connectivity index (χ3v) is 11.3. The van der Waals surface area contributed by atoms with E-state index in [1.807, 2.05) is 21.1 Å². The molecule has 1 amide bonds. The van der Waals surface area contributed by atoms with Crippen LogP contribution in [0.3, 0.4) is 0 Å². The third-order valence-electron chi connectivity index (χ3n) is 10.3. The van der Waals surface area contributed by atoms with Gasteiger partial charge in [0.1, 0.15) is 13.2 Å². The van der Waals surface area contributed by atoms with Crippen LogP contribution in [0.1, 0.15) is 219 Å².